The van der Waals surface area contributed by atoms with Gasteiger partial charge in [-0.3, -0.25) is 0 Å². The summed E-state index contributed by atoms with van der Waals surface area (Å²) in [6, 6.07) is 42.3. The average Bonchev–Trinajstić information content (AvgIpc) is 3.79. The van der Waals surface area contributed by atoms with Crippen LogP contribution in [0.3, 0.4) is 0 Å². The summed E-state index contributed by atoms with van der Waals surface area (Å²) in [4.78, 5) is 0. The highest BCUT2D eigenvalue weighted by Gasteiger charge is 2.23. The first-order valence-corrected chi connectivity index (χ1v) is 20.9. The molecule has 10 rings (SSSR count). The van der Waals surface area contributed by atoms with Gasteiger partial charge in [-0.15, -0.1) is 0 Å². The van der Waals surface area contributed by atoms with Crippen LogP contribution in [0.4, 0.5) is 0 Å². The zero-order chi connectivity index (χ0) is 39.0. The van der Waals surface area contributed by atoms with E-state index < -0.39 is 0 Å². The maximum atomic E-state index is 5.99. The second-order valence-electron chi connectivity index (χ2n) is 15.7. The van der Waals surface area contributed by atoms with E-state index in [-0.39, 0.29) is 0 Å². The number of rotatable bonds is 9. The van der Waals surface area contributed by atoms with Gasteiger partial charge in [-0.1, -0.05) is 122 Å². The molecule has 0 amide bonds. The summed E-state index contributed by atoms with van der Waals surface area (Å²) in [5, 5.41) is 2.60. The number of ether oxygens (including phenoxy) is 1. The number of para-hydroxylation sites is 1. The summed E-state index contributed by atoms with van der Waals surface area (Å²) in [6.45, 7) is 5.13. The standard InChI is InChI=1S/C55H48N2O/c1-3-46-47-23-13-14-24-52(47)56(45-29-27-42(28-30-45)40-17-7-4-8-18-40)51(46)25-15-16-39-26-31-53-49(34-39)50-37-58-33-32-54(50)57(53)55-36-44(41-19-9-5-10-20-41)35-48(38(55)2)43-21-11-6-12-22-43/h4-5,7-11,13-15,17-27,29,31-36H,3,6,12,16,28,30,37H2,1-2H3. The van der Waals surface area contributed by atoms with Gasteiger partial charge in [0.2, 0.25) is 0 Å². The van der Waals surface area contributed by atoms with Crippen LogP contribution in [0.25, 0.3) is 67.6 Å². The van der Waals surface area contributed by atoms with E-state index >= 15 is 0 Å². The van der Waals surface area contributed by atoms with E-state index in [1.165, 1.54) is 100 Å². The van der Waals surface area contributed by atoms with E-state index in [4.69, 9.17) is 4.74 Å². The van der Waals surface area contributed by atoms with E-state index in [1.807, 2.05) is 6.26 Å². The molecule has 0 atom stereocenters. The first-order chi connectivity index (χ1) is 28.7. The van der Waals surface area contributed by atoms with Crippen molar-refractivity contribution in [2.45, 2.75) is 59.0 Å². The van der Waals surface area contributed by atoms with E-state index in [0.29, 0.717) is 6.61 Å². The van der Waals surface area contributed by atoms with Crippen molar-refractivity contribution in [1.82, 2.24) is 9.13 Å². The minimum atomic E-state index is 0.558. The molecule has 5 aromatic carbocycles. The van der Waals surface area contributed by atoms with Gasteiger partial charge in [0.05, 0.1) is 28.7 Å². The van der Waals surface area contributed by atoms with Crippen LogP contribution >= 0.6 is 0 Å². The number of aryl methyl sites for hydroxylation is 1. The lowest BCUT2D eigenvalue weighted by Gasteiger charge is -2.20. The molecule has 3 heterocycles. The van der Waals surface area contributed by atoms with Crippen LogP contribution in [0.5, 0.6) is 0 Å². The summed E-state index contributed by atoms with van der Waals surface area (Å²) in [6.07, 6.45) is 26.4. The fourth-order valence-corrected chi connectivity index (χ4v) is 9.42. The molecule has 0 bridgehead atoms. The van der Waals surface area contributed by atoms with Gasteiger partial charge in [-0.25, -0.2) is 0 Å². The van der Waals surface area contributed by atoms with Crippen LogP contribution < -0.4 is 0 Å². The van der Waals surface area contributed by atoms with Gasteiger partial charge in [0.1, 0.15) is 6.61 Å². The summed E-state index contributed by atoms with van der Waals surface area (Å²) >= 11 is 0. The third-order valence-electron chi connectivity index (χ3n) is 12.3. The molecule has 0 unspecified atom stereocenters. The molecule has 3 heteroatoms. The summed E-state index contributed by atoms with van der Waals surface area (Å²) in [5.41, 5.74) is 20.5. The Bertz CT molecular complexity index is 2890. The normalized spacial score (nSPS) is 15.1. The third-order valence-corrected chi connectivity index (χ3v) is 12.3. The van der Waals surface area contributed by atoms with Crippen LogP contribution in [-0.4, -0.2) is 9.13 Å². The molecule has 1 aliphatic heterocycles. The summed E-state index contributed by atoms with van der Waals surface area (Å²) in [7, 11) is 0. The second kappa shape index (κ2) is 15.4. The van der Waals surface area contributed by atoms with Gasteiger partial charge in [0.15, 0.2) is 0 Å². The van der Waals surface area contributed by atoms with Crippen LogP contribution in [0.1, 0.15) is 77.4 Å². The molecule has 2 aliphatic carbocycles. The SMILES string of the molecule is CCc1c(C=CCc2ccc3c(c2)c2c(n3-c3cc(-c4ccccc4)cc(C4=CCCC=C4)c3C)C=COC2)n(C2=CC=C(c3ccccc3)CC2)c2ccccc12. The Morgan fingerprint density at radius 2 is 1.50 bits per heavy atom. The van der Waals surface area contributed by atoms with Crippen molar-refractivity contribution in [2.75, 3.05) is 0 Å². The molecule has 0 radical (unpaired) electrons. The van der Waals surface area contributed by atoms with Crippen molar-refractivity contribution < 1.29 is 4.74 Å². The third kappa shape index (κ3) is 6.41. The van der Waals surface area contributed by atoms with Crippen LogP contribution in [0.15, 0.2) is 158 Å². The number of nitrogens with zero attached hydrogens (tertiary/aromatic N) is 2. The highest BCUT2D eigenvalue weighted by Crippen LogP contribution is 2.40. The van der Waals surface area contributed by atoms with Crippen LogP contribution in [-0.2, 0) is 24.2 Å². The van der Waals surface area contributed by atoms with Crippen LogP contribution in [0, 0.1) is 6.92 Å². The van der Waals surface area contributed by atoms with Crippen molar-refractivity contribution in [1.29, 1.82) is 0 Å². The summed E-state index contributed by atoms with van der Waals surface area (Å²) < 4.78 is 11.0. The molecule has 0 N–H and O–H groups in total. The smallest absolute Gasteiger partial charge is 0.115 e. The van der Waals surface area contributed by atoms with E-state index in [1.54, 1.807) is 0 Å². The molecule has 0 saturated heterocycles. The molecule has 284 valence electrons. The van der Waals surface area contributed by atoms with Crippen molar-refractivity contribution in [3.8, 4) is 16.8 Å². The monoisotopic (exact) mass is 752 g/mol. The molecule has 0 saturated carbocycles. The lowest BCUT2D eigenvalue weighted by atomic mass is 9.91. The van der Waals surface area contributed by atoms with Gasteiger partial charge in [-0.2, -0.15) is 0 Å². The van der Waals surface area contributed by atoms with E-state index in [0.717, 1.165) is 38.5 Å². The Labute approximate surface area is 341 Å². The second-order valence-corrected chi connectivity index (χ2v) is 15.7. The molecular weight excluding hydrogens is 705 g/mol. The quantitative estimate of drug-likeness (QED) is 0.144. The Balaban J connectivity index is 1.04. The molecule has 0 spiro atoms. The Morgan fingerprint density at radius 3 is 2.28 bits per heavy atom. The number of aromatic nitrogens is 2. The predicted molar refractivity (Wildman–Crippen MR) is 246 cm³/mol. The number of hydrogen-bond acceptors (Lipinski definition) is 1. The highest BCUT2D eigenvalue weighted by atomic mass is 16.5. The average molecular weight is 753 g/mol. The maximum Gasteiger partial charge on any atom is 0.115 e. The van der Waals surface area contributed by atoms with Crippen molar-refractivity contribution >= 4 is 50.8 Å². The fraction of sp³-hybridized carbons (Fsp3) is 0.164. The largest absolute Gasteiger partial charge is 0.496 e. The first kappa shape index (κ1) is 35.8. The Morgan fingerprint density at radius 1 is 0.707 bits per heavy atom. The van der Waals surface area contributed by atoms with Gasteiger partial charge in [0.25, 0.3) is 0 Å². The molecular formula is C55H48N2O. The minimum Gasteiger partial charge on any atom is -0.496 e. The maximum absolute atomic E-state index is 5.99. The number of allylic oxidation sites excluding steroid dienone is 9. The number of fused-ring (bicyclic) bond motifs is 4. The van der Waals surface area contributed by atoms with E-state index in [9.17, 15) is 0 Å². The lowest BCUT2D eigenvalue weighted by Crippen LogP contribution is -2.05. The van der Waals surface area contributed by atoms with Crippen molar-refractivity contribution in [2.24, 2.45) is 0 Å². The zero-order valence-electron chi connectivity index (χ0n) is 33.4. The molecule has 0 fully saturated rings. The van der Waals surface area contributed by atoms with Gasteiger partial charge in [0, 0.05) is 27.7 Å². The molecule has 3 aliphatic rings. The fourth-order valence-electron chi connectivity index (χ4n) is 9.42. The lowest BCUT2D eigenvalue weighted by molar-refractivity contribution is 0.235. The van der Waals surface area contributed by atoms with Gasteiger partial charge in [-0.05, 0) is 144 Å². The Hall–Kier alpha value is -6.58. The Kier molecular flexibility index (Phi) is 9.51. The zero-order valence-corrected chi connectivity index (χ0v) is 33.4. The molecule has 2 aromatic heterocycles. The number of hydrogen-bond donors (Lipinski definition) is 0. The van der Waals surface area contributed by atoms with E-state index in [2.05, 4.69) is 187 Å². The van der Waals surface area contributed by atoms with Crippen molar-refractivity contribution in [3.05, 3.63) is 203 Å². The van der Waals surface area contributed by atoms with Crippen LogP contribution in [0.2, 0.25) is 0 Å². The number of benzene rings is 5. The molecule has 58 heavy (non-hydrogen) atoms. The van der Waals surface area contributed by atoms with Gasteiger partial charge >= 0.3 is 0 Å². The molecule has 7 aromatic rings. The summed E-state index contributed by atoms with van der Waals surface area (Å²) in [5.74, 6) is 0. The van der Waals surface area contributed by atoms with Gasteiger partial charge < -0.3 is 13.9 Å². The minimum absolute atomic E-state index is 0.558. The van der Waals surface area contributed by atoms with Crippen molar-refractivity contribution in [3.63, 3.8) is 0 Å². The predicted octanol–water partition coefficient (Wildman–Crippen LogP) is 14.3. The first-order valence-electron chi connectivity index (χ1n) is 20.9. The highest BCUT2D eigenvalue weighted by molar-refractivity contribution is 5.94. The topological polar surface area (TPSA) is 19.1 Å². The molecule has 3 nitrogen and oxygen atoms in total.